The average Bonchev–Trinajstić information content (AvgIpc) is 3.25. The van der Waals surface area contributed by atoms with Crippen LogP contribution in [0.5, 0.6) is 0 Å². The number of esters is 2. The van der Waals surface area contributed by atoms with E-state index in [4.69, 9.17) is 9.47 Å². The first-order valence-corrected chi connectivity index (χ1v) is 11.8. The Morgan fingerprint density at radius 1 is 0.528 bits per heavy atom. The van der Waals surface area contributed by atoms with Crippen molar-refractivity contribution in [2.45, 2.75) is 12.2 Å². The number of rotatable bonds is 4. The Bertz CT molecular complexity index is 1440. The van der Waals surface area contributed by atoms with E-state index in [1.54, 1.807) is 12.1 Å². The fourth-order valence-corrected chi connectivity index (χ4v) is 4.46. The summed E-state index contributed by atoms with van der Waals surface area (Å²) in [7, 11) is 0. The monoisotopic (exact) mass is 470 g/mol. The van der Waals surface area contributed by atoms with Crippen molar-refractivity contribution in [2.75, 3.05) is 0 Å². The van der Waals surface area contributed by atoms with Gasteiger partial charge in [-0.2, -0.15) is 0 Å². The van der Waals surface area contributed by atoms with Crippen LogP contribution in [0.2, 0.25) is 0 Å². The van der Waals surface area contributed by atoms with Gasteiger partial charge in [-0.05, 0) is 64.7 Å². The van der Waals surface area contributed by atoms with Crippen molar-refractivity contribution in [1.29, 1.82) is 0 Å². The summed E-state index contributed by atoms with van der Waals surface area (Å²) in [4.78, 5) is 23.9. The molecule has 2 unspecified atom stereocenters. The number of carbonyl (C=O) groups excluding carboxylic acids is 2. The Morgan fingerprint density at radius 3 is 1.56 bits per heavy atom. The molecule has 0 bridgehead atoms. The van der Waals surface area contributed by atoms with E-state index < -0.39 is 0 Å². The van der Waals surface area contributed by atoms with Crippen LogP contribution in [-0.2, 0) is 9.47 Å². The lowest BCUT2D eigenvalue weighted by atomic mass is 10.1. The van der Waals surface area contributed by atoms with Crippen molar-refractivity contribution in [3.63, 3.8) is 0 Å². The van der Waals surface area contributed by atoms with Gasteiger partial charge in [-0.25, -0.2) is 9.59 Å². The van der Waals surface area contributed by atoms with Crippen LogP contribution in [0.4, 0.5) is 0 Å². The zero-order valence-electron chi connectivity index (χ0n) is 19.3. The molecule has 0 heterocycles. The normalized spacial score (nSPS) is 16.9. The Labute approximate surface area is 209 Å². The van der Waals surface area contributed by atoms with Crippen molar-refractivity contribution >= 4 is 24.1 Å². The lowest BCUT2D eigenvalue weighted by Gasteiger charge is -2.12. The summed E-state index contributed by atoms with van der Waals surface area (Å²) < 4.78 is 11.0. The molecule has 7 rings (SSSR count). The molecule has 0 radical (unpaired) electrons. The highest BCUT2D eigenvalue weighted by molar-refractivity contribution is 5.98. The second kappa shape index (κ2) is 9.16. The Hall–Kier alpha value is -4.70. The third-order valence-corrected chi connectivity index (χ3v) is 6.40. The SMILES string of the molecule is O=C(OC1C=Cc2ccccc21)c1cc2cc-2c1.O=C(OC1C=Cc2ccccc21)c1ccccc1. The van der Waals surface area contributed by atoms with E-state index in [1.807, 2.05) is 109 Å². The number of hydrogen-bond acceptors (Lipinski definition) is 4. The molecule has 0 saturated carbocycles. The van der Waals surface area contributed by atoms with E-state index in [9.17, 15) is 9.59 Å². The summed E-state index contributed by atoms with van der Waals surface area (Å²) in [6.45, 7) is 0. The summed E-state index contributed by atoms with van der Waals surface area (Å²) >= 11 is 0. The highest BCUT2D eigenvalue weighted by atomic mass is 16.5. The van der Waals surface area contributed by atoms with Crippen LogP contribution in [0.15, 0.2) is 109 Å². The molecule has 0 saturated heterocycles. The van der Waals surface area contributed by atoms with Crippen LogP contribution in [0.1, 0.15) is 55.2 Å². The average molecular weight is 471 g/mol. The lowest BCUT2D eigenvalue weighted by Crippen LogP contribution is -2.08. The molecule has 4 aliphatic carbocycles. The quantitative estimate of drug-likeness (QED) is 0.261. The summed E-state index contributed by atoms with van der Waals surface area (Å²) in [6.07, 6.45) is 7.29. The van der Waals surface area contributed by atoms with E-state index in [0.29, 0.717) is 11.1 Å². The first-order chi connectivity index (χ1) is 17.7. The van der Waals surface area contributed by atoms with Crippen molar-refractivity contribution < 1.29 is 19.1 Å². The number of carbonyl (C=O) groups is 2. The summed E-state index contributed by atoms with van der Waals surface area (Å²) in [5, 5.41) is 0. The van der Waals surface area contributed by atoms with Crippen LogP contribution in [-0.4, -0.2) is 11.9 Å². The van der Waals surface area contributed by atoms with Gasteiger partial charge in [0.15, 0.2) is 0 Å². The maximum absolute atomic E-state index is 12.0. The molecular formula is C32H22O4. The van der Waals surface area contributed by atoms with Crippen molar-refractivity contribution in [1.82, 2.24) is 0 Å². The van der Waals surface area contributed by atoms with Crippen LogP contribution in [0.25, 0.3) is 23.3 Å². The number of benzene rings is 4. The van der Waals surface area contributed by atoms with Gasteiger partial charge in [0.05, 0.1) is 11.1 Å². The summed E-state index contributed by atoms with van der Waals surface area (Å²) in [5.74, 6) is -0.538. The van der Waals surface area contributed by atoms with Gasteiger partial charge in [-0.1, -0.05) is 78.9 Å². The molecule has 0 aromatic heterocycles. The van der Waals surface area contributed by atoms with Crippen LogP contribution in [0.3, 0.4) is 0 Å². The Kier molecular flexibility index (Phi) is 5.55. The van der Waals surface area contributed by atoms with Crippen LogP contribution >= 0.6 is 0 Å². The predicted molar refractivity (Wildman–Crippen MR) is 139 cm³/mol. The van der Waals surface area contributed by atoms with Crippen LogP contribution in [0, 0.1) is 0 Å². The fraction of sp³-hybridized carbons (Fsp3) is 0.0625. The van der Waals surface area contributed by atoms with E-state index in [1.165, 1.54) is 0 Å². The molecule has 0 spiro atoms. The molecule has 0 amide bonds. The molecule has 4 aliphatic rings. The summed E-state index contributed by atoms with van der Waals surface area (Å²) in [5.41, 5.74) is 7.88. The number of ether oxygens (including phenoxy) is 2. The molecule has 3 aromatic carbocycles. The molecule has 0 N–H and O–H groups in total. The second-order valence-corrected chi connectivity index (χ2v) is 8.79. The van der Waals surface area contributed by atoms with Gasteiger partial charge in [0.1, 0.15) is 12.2 Å². The molecule has 3 aromatic rings. The molecular weight excluding hydrogens is 448 g/mol. The molecule has 4 heteroatoms. The number of fused-ring (bicyclic) bond motifs is 3. The fourth-order valence-electron chi connectivity index (χ4n) is 4.46. The smallest absolute Gasteiger partial charge is 0.339 e. The minimum absolute atomic E-state index is 0.248. The molecule has 0 aliphatic heterocycles. The first-order valence-electron chi connectivity index (χ1n) is 11.8. The van der Waals surface area contributed by atoms with Crippen molar-refractivity contribution in [3.8, 4) is 11.1 Å². The first kappa shape index (κ1) is 21.8. The maximum Gasteiger partial charge on any atom is 0.339 e. The zero-order chi connectivity index (χ0) is 24.5. The third kappa shape index (κ3) is 4.37. The van der Waals surface area contributed by atoms with Gasteiger partial charge in [0.2, 0.25) is 0 Å². The molecule has 2 atom stereocenters. The highest BCUT2D eigenvalue weighted by Crippen LogP contribution is 2.38. The largest absolute Gasteiger partial charge is 0.450 e. The van der Waals surface area contributed by atoms with Crippen molar-refractivity contribution in [2.24, 2.45) is 0 Å². The topological polar surface area (TPSA) is 52.6 Å². The summed E-state index contributed by atoms with van der Waals surface area (Å²) in [6, 6.07) is 30.7. The lowest BCUT2D eigenvalue weighted by molar-refractivity contribution is 0.0388. The van der Waals surface area contributed by atoms with E-state index in [0.717, 1.165) is 33.4 Å². The molecule has 174 valence electrons. The zero-order valence-corrected chi connectivity index (χ0v) is 19.3. The van der Waals surface area contributed by atoms with Crippen molar-refractivity contribution in [3.05, 3.63) is 143 Å². The second-order valence-electron chi connectivity index (χ2n) is 8.79. The van der Waals surface area contributed by atoms with E-state index in [-0.39, 0.29) is 24.1 Å². The van der Waals surface area contributed by atoms with E-state index >= 15 is 0 Å². The third-order valence-electron chi connectivity index (χ3n) is 6.40. The molecule has 0 fully saturated rings. The highest BCUT2D eigenvalue weighted by Gasteiger charge is 2.24. The maximum atomic E-state index is 12.0. The van der Waals surface area contributed by atoms with Gasteiger partial charge in [-0.3, -0.25) is 0 Å². The van der Waals surface area contributed by atoms with Gasteiger partial charge in [0.25, 0.3) is 0 Å². The van der Waals surface area contributed by atoms with Gasteiger partial charge in [0, 0.05) is 11.1 Å². The van der Waals surface area contributed by atoms with Crippen LogP contribution < -0.4 is 0 Å². The Balaban J connectivity index is 0.000000133. The molecule has 4 nitrogen and oxygen atoms in total. The minimum atomic E-state index is -0.290. The molecule has 36 heavy (non-hydrogen) atoms. The van der Waals surface area contributed by atoms with E-state index in [2.05, 4.69) is 0 Å². The minimum Gasteiger partial charge on any atom is -0.450 e. The standard InChI is InChI=1S/C16H10O2.C16H12O2/c17-16(13-8-11-7-12(11)9-13)18-15-6-5-10-3-1-2-4-14(10)15;17-16(13-7-2-1-3-8-13)18-15-11-10-12-6-4-5-9-14(12)15/h1-9,15H;1-11,15H. The van der Waals surface area contributed by atoms with Gasteiger partial charge >= 0.3 is 11.9 Å². The predicted octanol–water partition coefficient (Wildman–Crippen LogP) is 7.20. The Morgan fingerprint density at radius 2 is 1.00 bits per heavy atom. The van der Waals surface area contributed by atoms with Gasteiger partial charge in [-0.15, -0.1) is 0 Å². The van der Waals surface area contributed by atoms with Gasteiger partial charge < -0.3 is 9.47 Å². The number of hydrogen-bond donors (Lipinski definition) is 0.